The van der Waals surface area contributed by atoms with Crippen molar-refractivity contribution in [2.24, 2.45) is 5.73 Å². The van der Waals surface area contributed by atoms with Crippen LogP contribution < -0.4 is 10.5 Å². The number of benzene rings is 2. The zero-order valence-electron chi connectivity index (χ0n) is 10.4. The lowest BCUT2D eigenvalue weighted by Crippen LogP contribution is -2.13. The topological polar surface area (TPSA) is 35.2 Å². The minimum Gasteiger partial charge on any atom is -0.486 e. The fourth-order valence-corrected chi connectivity index (χ4v) is 1.83. The summed E-state index contributed by atoms with van der Waals surface area (Å²) in [6.07, 6.45) is 0.259. The first-order valence-electron chi connectivity index (χ1n) is 6.07. The molecule has 0 radical (unpaired) electrons. The van der Waals surface area contributed by atoms with E-state index >= 15 is 0 Å². The molecule has 0 spiro atoms. The van der Waals surface area contributed by atoms with Gasteiger partial charge in [0.15, 0.2) is 0 Å². The fraction of sp³-hybridized carbons (Fsp3) is 0.200. The van der Waals surface area contributed by atoms with Crippen molar-refractivity contribution in [3.8, 4) is 5.75 Å². The van der Waals surface area contributed by atoms with Gasteiger partial charge in [-0.1, -0.05) is 18.2 Å². The SMILES string of the molecule is NCCC(Oc1cccc(F)c1)c1ccc(F)cc1. The van der Waals surface area contributed by atoms with Crippen molar-refractivity contribution in [3.05, 3.63) is 65.7 Å². The fourth-order valence-electron chi connectivity index (χ4n) is 1.83. The summed E-state index contributed by atoms with van der Waals surface area (Å²) < 4.78 is 31.7. The number of ether oxygens (including phenoxy) is 1. The van der Waals surface area contributed by atoms with E-state index in [4.69, 9.17) is 10.5 Å². The highest BCUT2D eigenvalue weighted by Crippen LogP contribution is 2.25. The van der Waals surface area contributed by atoms with Crippen LogP contribution in [-0.4, -0.2) is 6.54 Å². The molecule has 100 valence electrons. The molecule has 0 aliphatic heterocycles. The van der Waals surface area contributed by atoms with Crippen LogP contribution in [0.15, 0.2) is 48.5 Å². The number of hydrogen-bond donors (Lipinski definition) is 1. The van der Waals surface area contributed by atoms with Gasteiger partial charge >= 0.3 is 0 Å². The third kappa shape index (κ3) is 3.76. The van der Waals surface area contributed by atoms with Gasteiger partial charge in [0, 0.05) is 12.5 Å². The summed E-state index contributed by atoms with van der Waals surface area (Å²) in [5.74, 6) is -0.230. The van der Waals surface area contributed by atoms with E-state index in [1.165, 1.54) is 24.3 Å². The van der Waals surface area contributed by atoms with E-state index in [0.29, 0.717) is 18.7 Å². The van der Waals surface area contributed by atoms with Gasteiger partial charge in [-0.2, -0.15) is 0 Å². The molecule has 0 fully saturated rings. The average Bonchev–Trinajstić information content (AvgIpc) is 2.39. The van der Waals surface area contributed by atoms with Gasteiger partial charge in [0.1, 0.15) is 23.5 Å². The molecule has 4 heteroatoms. The molecular formula is C15H15F2NO. The predicted molar refractivity (Wildman–Crippen MR) is 69.8 cm³/mol. The van der Waals surface area contributed by atoms with Gasteiger partial charge in [0.05, 0.1) is 0 Å². The first-order chi connectivity index (χ1) is 9.19. The minimum atomic E-state index is -0.358. The molecule has 0 aromatic heterocycles. The number of nitrogens with two attached hydrogens (primary N) is 1. The first-order valence-corrected chi connectivity index (χ1v) is 6.07. The summed E-state index contributed by atoms with van der Waals surface area (Å²) in [5, 5.41) is 0. The van der Waals surface area contributed by atoms with Crippen LogP contribution in [0.4, 0.5) is 8.78 Å². The quantitative estimate of drug-likeness (QED) is 0.897. The van der Waals surface area contributed by atoms with Crippen molar-refractivity contribution in [2.45, 2.75) is 12.5 Å². The van der Waals surface area contributed by atoms with Crippen molar-refractivity contribution in [2.75, 3.05) is 6.54 Å². The maximum atomic E-state index is 13.1. The third-order valence-electron chi connectivity index (χ3n) is 2.75. The highest BCUT2D eigenvalue weighted by molar-refractivity contribution is 5.25. The Bertz CT molecular complexity index is 528. The minimum absolute atomic E-state index is 0.305. The second-order valence-electron chi connectivity index (χ2n) is 4.19. The lowest BCUT2D eigenvalue weighted by atomic mass is 10.1. The molecule has 0 saturated carbocycles. The highest BCUT2D eigenvalue weighted by atomic mass is 19.1. The maximum absolute atomic E-state index is 13.1. The van der Waals surface area contributed by atoms with E-state index in [1.807, 2.05) is 0 Å². The normalized spacial score (nSPS) is 12.2. The van der Waals surface area contributed by atoms with Crippen molar-refractivity contribution in [1.82, 2.24) is 0 Å². The van der Waals surface area contributed by atoms with Crippen LogP contribution in [0, 0.1) is 11.6 Å². The lowest BCUT2D eigenvalue weighted by molar-refractivity contribution is 0.197. The molecule has 2 nitrogen and oxygen atoms in total. The van der Waals surface area contributed by atoms with E-state index in [9.17, 15) is 8.78 Å². The largest absolute Gasteiger partial charge is 0.486 e. The Morgan fingerprint density at radius 3 is 2.37 bits per heavy atom. The summed E-state index contributed by atoms with van der Waals surface area (Å²) in [7, 11) is 0. The zero-order valence-corrected chi connectivity index (χ0v) is 10.4. The second kappa shape index (κ2) is 6.29. The Kier molecular flexibility index (Phi) is 4.47. The van der Waals surface area contributed by atoms with Gasteiger partial charge in [0.2, 0.25) is 0 Å². The van der Waals surface area contributed by atoms with E-state index in [-0.39, 0.29) is 17.7 Å². The van der Waals surface area contributed by atoms with Crippen molar-refractivity contribution < 1.29 is 13.5 Å². The molecule has 2 rings (SSSR count). The van der Waals surface area contributed by atoms with Crippen molar-refractivity contribution in [1.29, 1.82) is 0 Å². The molecule has 1 atom stereocenters. The molecule has 0 aliphatic carbocycles. The molecule has 19 heavy (non-hydrogen) atoms. The van der Waals surface area contributed by atoms with Crippen LogP contribution in [0.2, 0.25) is 0 Å². The summed E-state index contributed by atoms with van der Waals surface area (Å²) >= 11 is 0. The third-order valence-corrected chi connectivity index (χ3v) is 2.75. The van der Waals surface area contributed by atoms with Crippen LogP contribution in [0.1, 0.15) is 18.1 Å². The van der Waals surface area contributed by atoms with E-state index in [1.54, 1.807) is 24.3 Å². The Labute approximate surface area is 110 Å². The van der Waals surface area contributed by atoms with Crippen molar-refractivity contribution >= 4 is 0 Å². The van der Waals surface area contributed by atoms with E-state index in [2.05, 4.69) is 0 Å². The molecule has 0 bridgehead atoms. The van der Waals surface area contributed by atoms with E-state index in [0.717, 1.165) is 5.56 Å². The molecule has 0 amide bonds. The lowest BCUT2D eigenvalue weighted by Gasteiger charge is -2.19. The zero-order chi connectivity index (χ0) is 13.7. The summed E-state index contributed by atoms with van der Waals surface area (Å²) in [4.78, 5) is 0. The molecule has 0 heterocycles. The number of hydrogen-bond acceptors (Lipinski definition) is 2. The summed E-state index contributed by atoms with van der Waals surface area (Å²) in [6.45, 7) is 0.428. The Balaban J connectivity index is 2.18. The van der Waals surface area contributed by atoms with E-state index < -0.39 is 0 Å². The average molecular weight is 263 g/mol. The molecule has 0 saturated heterocycles. The van der Waals surface area contributed by atoms with Gasteiger partial charge in [0.25, 0.3) is 0 Å². The van der Waals surface area contributed by atoms with Gasteiger partial charge < -0.3 is 10.5 Å². The van der Waals surface area contributed by atoms with Gasteiger partial charge in [-0.05, 0) is 36.4 Å². The monoisotopic (exact) mass is 263 g/mol. The van der Waals surface area contributed by atoms with Crippen molar-refractivity contribution in [3.63, 3.8) is 0 Å². The van der Waals surface area contributed by atoms with Crippen LogP contribution in [0.5, 0.6) is 5.75 Å². The molecule has 0 aliphatic rings. The molecule has 2 N–H and O–H groups in total. The van der Waals surface area contributed by atoms with Crippen LogP contribution in [0.25, 0.3) is 0 Å². The van der Waals surface area contributed by atoms with Gasteiger partial charge in [-0.3, -0.25) is 0 Å². The first kappa shape index (κ1) is 13.5. The highest BCUT2D eigenvalue weighted by Gasteiger charge is 2.13. The maximum Gasteiger partial charge on any atom is 0.126 e. The smallest absolute Gasteiger partial charge is 0.126 e. The Morgan fingerprint density at radius 1 is 1.00 bits per heavy atom. The second-order valence-corrected chi connectivity index (χ2v) is 4.19. The Hall–Kier alpha value is -1.94. The van der Waals surface area contributed by atoms with Crippen LogP contribution >= 0.6 is 0 Å². The Morgan fingerprint density at radius 2 is 1.74 bits per heavy atom. The van der Waals surface area contributed by atoms with Crippen LogP contribution in [0.3, 0.4) is 0 Å². The summed E-state index contributed by atoms with van der Waals surface area (Å²) in [6, 6.07) is 12.0. The standard InChI is InChI=1S/C15H15F2NO/c16-12-6-4-11(5-7-12)15(8-9-18)19-14-3-1-2-13(17)10-14/h1-7,10,15H,8-9,18H2. The molecule has 1 unspecified atom stereocenters. The number of rotatable bonds is 5. The molecule has 2 aromatic rings. The van der Waals surface area contributed by atoms with Crippen LogP contribution in [-0.2, 0) is 0 Å². The molecule has 2 aromatic carbocycles. The van der Waals surface area contributed by atoms with Gasteiger partial charge in [-0.25, -0.2) is 8.78 Å². The predicted octanol–water partition coefficient (Wildman–Crippen LogP) is 3.43. The molecular weight excluding hydrogens is 248 g/mol. The summed E-state index contributed by atoms with van der Waals surface area (Å²) in [5.41, 5.74) is 6.37. The number of halogens is 2. The van der Waals surface area contributed by atoms with Gasteiger partial charge in [-0.15, -0.1) is 0 Å².